The van der Waals surface area contributed by atoms with Crippen LogP contribution in [0.15, 0.2) is 46.9 Å². The quantitative estimate of drug-likeness (QED) is 0.605. The molecule has 0 aliphatic carbocycles. The van der Waals surface area contributed by atoms with E-state index in [9.17, 15) is 9.59 Å². The lowest BCUT2D eigenvalue weighted by molar-refractivity contribution is -0.151. The first kappa shape index (κ1) is 17.2. The molecule has 0 aliphatic rings. The molecule has 0 saturated heterocycles. The van der Waals surface area contributed by atoms with Gasteiger partial charge in [0.1, 0.15) is 0 Å². The van der Waals surface area contributed by atoms with E-state index in [1.165, 1.54) is 12.0 Å². The van der Waals surface area contributed by atoms with Gasteiger partial charge in [0.05, 0.1) is 13.7 Å². The Labute approximate surface area is 144 Å². The molecule has 0 unspecified atom stereocenters. The molecule has 5 heteroatoms. The third-order valence-corrected chi connectivity index (χ3v) is 3.89. The Kier molecular flexibility index (Phi) is 5.55. The third-order valence-electron chi connectivity index (χ3n) is 3.37. The summed E-state index contributed by atoms with van der Waals surface area (Å²) in [4.78, 5) is 25.5. The van der Waals surface area contributed by atoms with Crippen LogP contribution in [0.2, 0.25) is 0 Å². The van der Waals surface area contributed by atoms with Crippen molar-refractivity contribution in [1.29, 1.82) is 0 Å². The molecule has 0 radical (unpaired) electrons. The zero-order chi connectivity index (χ0) is 17.0. The van der Waals surface area contributed by atoms with Gasteiger partial charge in [0.25, 0.3) is 0 Å². The molecule has 0 N–H and O–H groups in total. The maximum absolute atomic E-state index is 12.4. The molecule has 0 heterocycles. The fourth-order valence-electron chi connectivity index (χ4n) is 2.44. The van der Waals surface area contributed by atoms with Crippen LogP contribution in [0.1, 0.15) is 16.7 Å². The summed E-state index contributed by atoms with van der Waals surface area (Å²) in [7, 11) is 1.21. The maximum atomic E-state index is 12.4. The van der Waals surface area contributed by atoms with Gasteiger partial charge in [-0.3, -0.25) is 9.69 Å². The van der Waals surface area contributed by atoms with Crippen LogP contribution < -0.4 is 4.90 Å². The number of ether oxygens (including phenoxy) is 1. The molecule has 0 spiro atoms. The van der Waals surface area contributed by atoms with Crippen molar-refractivity contribution < 1.29 is 14.3 Å². The highest BCUT2D eigenvalue weighted by molar-refractivity contribution is 9.10. The number of nitrogens with zero attached hydrogens (tertiary/aromatic N) is 1. The van der Waals surface area contributed by atoms with Crippen molar-refractivity contribution in [3.05, 3.63) is 63.6 Å². The molecule has 2 aromatic rings. The Hall–Kier alpha value is -2.14. The fourth-order valence-corrected chi connectivity index (χ4v) is 2.71. The Morgan fingerprint density at radius 3 is 2.13 bits per heavy atom. The van der Waals surface area contributed by atoms with Gasteiger partial charge in [0.15, 0.2) is 0 Å². The number of carbonyl (C=O) groups is 2. The molecule has 0 aromatic heterocycles. The van der Waals surface area contributed by atoms with Gasteiger partial charge >= 0.3 is 11.9 Å². The van der Waals surface area contributed by atoms with E-state index >= 15 is 0 Å². The minimum atomic E-state index is -0.878. The second kappa shape index (κ2) is 7.42. The molecule has 0 saturated carbocycles. The van der Waals surface area contributed by atoms with Crippen molar-refractivity contribution in [1.82, 2.24) is 0 Å². The Balaban J connectivity index is 2.38. The van der Waals surface area contributed by atoms with Gasteiger partial charge in [-0.15, -0.1) is 0 Å². The first-order valence-corrected chi connectivity index (χ1v) is 7.92. The number of aryl methyl sites for hydroxylation is 2. The van der Waals surface area contributed by atoms with E-state index in [1.807, 2.05) is 38.1 Å². The van der Waals surface area contributed by atoms with E-state index in [1.54, 1.807) is 12.1 Å². The predicted octanol–water partition coefficient (Wildman–Crippen LogP) is 3.77. The molecule has 2 rings (SSSR count). The van der Waals surface area contributed by atoms with Crippen molar-refractivity contribution >= 4 is 33.5 Å². The summed E-state index contributed by atoms with van der Waals surface area (Å²) < 4.78 is 5.48. The zero-order valence-corrected chi connectivity index (χ0v) is 14.9. The topological polar surface area (TPSA) is 46.6 Å². The van der Waals surface area contributed by atoms with Crippen LogP contribution in [0.3, 0.4) is 0 Å². The van der Waals surface area contributed by atoms with Crippen molar-refractivity contribution in [2.75, 3.05) is 12.0 Å². The second-order valence-electron chi connectivity index (χ2n) is 5.36. The molecule has 0 aliphatic heterocycles. The molecule has 120 valence electrons. The van der Waals surface area contributed by atoms with Crippen LogP contribution in [0.4, 0.5) is 5.69 Å². The van der Waals surface area contributed by atoms with Crippen molar-refractivity contribution in [3.8, 4) is 0 Å². The van der Waals surface area contributed by atoms with Gasteiger partial charge in [-0.2, -0.15) is 0 Å². The van der Waals surface area contributed by atoms with E-state index < -0.39 is 11.9 Å². The highest BCUT2D eigenvalue weighted by Gasteiger charge is 2.24. The van der Waals surface area contributed by atoms with Gasteiger partial charge in [0.2, 0.25) is 0 Å². The summed E-state index contributed by atoms with van der Waals surface area (Å²) in [5.74, 6) is -1.56. The van der Waals surface area contributed by atoms with E-state index in [2.05, 4.69) is 26.7 Å². The molecule has 0 bridgehead atoms. The maximum Gasteiger partial charge on any atom is 0.397 e. The molecule has 0 atom stereocenters. The van der Waals surface area contributed by atoms with Crippen LogP contribution >= 0.6 is 15.9 Å². The molecule has 2 aromatic carbocycles. The third kappa shape index (κ3) is 4.42. The Morgan fingerprint density at radius 1 is 1.04 bits per heavy atom. The average molecular weight is 376 g/mol. The second-order valence-corrected chi connectivity index (χ2v) is 6.27. The largest absolute Gasteiger partial charge is 0.462 e. The number of carbonyl (C=O) groups excluding carboxylic acids is 2. The lowest BCUT2D eigenvalue weighted by Crippen LogP contribution is -2.36. The van der Waals surface area contributed by atoms with Gasteiger partial charge in [-0.05, 0) is 43.7 Å². The number of amides is 1. The van der Waals surface area contributed by atoms with E-state index in [-0.39, 0.29) is 0 Å². The first-order chi connectivity index (χ1) is 10.9. The summed E-state index contributed by atoms with van der Waals surface area (Å²) in [6.07, 6.45) is 0. The lowest BCUT2D eigenvalue weighted by atomic mass is 10.1. The number of halogens is 1. The van der Waals surface area contributed by atoms with Crippen LogP contribution in [0.25, 0.3) is 0 Å². The van der Waals surface area contributed by atoms with Gasteiger partial charge in [-0.1, -0.05) is 45.3 Å². The summed E-state index contributed by atoms with van der Waals surface area (Å²) in [5, 5.41) is 0. The molecule has 4 nitrogen and oxygen atoms in total. The standard InChI is InChI=1S/C18H18BrNO3/c1-12-8-13(2)10-14(9-12)11-20(17(21)18(22)23-3)16-6-4-15(19)5-7-16/h4-10H,11H2,1-3H3. The number of rotatable bonds is 3. The SMILES string of the molecule is COC(=O)C(=O)N(Cc1cc(C)cc(C)c1)c1ccc(Br)cc1. The van der Waals surface area contributed by atoms with Crippen LogP contribution in [0.5, 0.6) is 0 Å². The van der Waals surface area contributed by atoms with E-state index in [4.69, 9.17) is 0 Å². The number of hydrogen-bond acceptors (Lipinski definition) is 3. The summed E-state index contributed by atoms with van der Waals surface area (Å²) >= 11 is 3.37. The van der Waals surface area contributed by atoms with E-state index in [0.29, 0.717) is 12.2 Å². The normalized spacial score (nSPS) is 10.3. The number of methoxy groups -OCH3 is 1. The first-order valence-electron chi connectivity index (χ1n) is 7.13. The molecular formula is C18H18BrNO3. The number of hydrogen-bond donors (Lipinski definition) is 0. The number of anilines is 1. The molecule has 1 amide bonds. The van der Waals surface area contributed by atoms with E-state index in [0.717, 1.165) is 21.2 Å². The van der Waals surface area contributed by atoms with Crippen molar-refractivity contribution in [2.45, 2.75) is 20.4 Å². The van der Waals surface area contributed by atoms with Crippen LogP contribution in [-0.4, -0.2) is 19.0 Å². The highest BCUT2D eigenvalue weighted by Crippen LogP contribution is 2.22. The monoisotopic (exact) mass is 375 g/mol. The summed E-state index contributed by atoms with van der Waals surface area (Å²) in [5.41, 5.74) is 3.83. The number of esters is 1. The summed E-state index contributed by atoms with van der Waals surface area (Å²) in [6.45, 7) is 4.31. The predicted molar refractivity (Wildman–Crippen MR) is 93.3 cm³/mol. The zero-order valence-electron chi connectivity index (χ0n) is 13.3. The average Bonchev–Trinajstić information content (AvgIpc) is 2.51. The van der Waals surface area contributed by atoms with Crippen molar-refractivity contribution in [3.63, 3.8) is 0 Å². The van der Waals surface area contributed by atoms with Crippen LogP contribution in [0, 0.1) is 13.8 Å². The van der Waals surface area contributed by atoms with Gasteiger partial charge in [-0.25, -0.2) is 4.79 Å². The highest BCUT2D eigenvalue weighted by atomic mass is 79.9. The van der Waals surface area contributed by atoms with Crippen molar-refractivity contribution in [2.24, 2.45) is 0 Å². The minimum Gasteiger partial charge on any atom is -0.462 e. The van der Waals surface area contributed by atoms with Crippen LogP contribution in [-0.2, 0) is 20.9 Å². The van der Waals surface area contributed by atoms with Gasteiger partial charge < -0.3 is 4.74 Å². The molecular weight excluding hydrogens is 358 g/mol. The Morgan fingerprint density at radius 2 is 1.61 bits per heavy atom. The fraction of sp³-hybridized carbons (Fsp3) is 0.222. The summed E-state index contributed by atoms with van der Waals surface area (Å²) in [6, 6.07) is 13.3. The number of benzene rings is 2. The Bertz CT molecular complexity index is 705. The minimum absolute atomic E-state index is 0.304. The lowest BCUT2D eigenvalue weighted by Gasteiger charge is -2.22. The molecule has 0 fully saturated rings. The smallest absolute Gasteiger partial charge is 0.397 e. The molecule has 23 heavy (non-hydrogen) atoms. The van der Waals surface area contributed by atoms with Gasteiger partial charge in [0, 0.05) is 10.2 Å².